The highest BCUT2D eigenvalue weighted by Crippen LogP contribution is 2.13. The second kappa shape index (κ2) is 5.08. The number of nitrogens with one attached hydrogen (secondary N) is 2. The zero-order valence-corrected chi connectivity index (χ0v) is 7.66. The lowest BCUT2D eigenvalue weighted by Gasteiger charge is -2.06. The summed E-state index contributed by atoms with van der Waals surface area (Å²) in [4.78, 5) is 11.1. The number of hydrogen-bond acceptors (Lipinski definition) is 3. The van der Waals surface area contributed by atoms with Gasteiger partial charge in [-0.2, -0.15) is 0 Å². The Morgan fingerprint density at radius 3 is 2.57 bits per heavy atom. The summed E-state index contributed by atoms with van der Waals surface area (Å²) in [7, 11) is 0. The molecule has 0 radical (unpaired) electrons. The fourth-order valence-electron chi connectivity index (χ4n) is 0.906. The molecule has 0 fully saturated rings. The predicted octanol–water partition coefficient (Wildman–Crippen LogP) is 0.472. The van der Waals surface area contributed by atoms with Gasteiger partial charge in [0.25, 0.3) is 0 Å². The van der Waals surface area contributed by atoms with Crippen molar-refractivity contribution in [2.75, 3.05) is 18.4 Å². The van der Waals surface area contributed by atoms with E-state index in [1.807, 2.05) is 0 Å². The molecule has 0 bridgehead atoms. The van der Waals surface area contributed by atoms with E-state index in [1.165, 1.54) is 12.1 Å². The number of aromatic hydroxyl groups is 1. The van der Waals surface area contributed by atoms with Gasteiger partial charge in [-0.25, -0.2) is 4.79 Å². The number of carbonyl (C=O) groups excluding carboxylic acids is 1. The van der Waals surface area contributed by atoms with Crippen LogP contribution < -0.4 is 16.4 Å². The summed E-state index contributed by atoms with van der Waals surface area (Å²) < 4.78 is 0. The maximum atomic E-state index is 11.1. The van der Waals surface area contributed by atoms with E-state index in [1.54, 1.807) is 12.1 Å². The summed E-state index contributed by atoms with van der Waals surface area (Å²) in [6, 6.07) is 5.91. The SMILES string of the molecule is NCCNC(=O)Nc1ccc(O)cc1. The van der Waals surface area contributed by atoms with E-state index >= 15 is 0 Å². The molecule has 5 nitrogen and oxygen atoms in total. The first-order valence-corrected chi connectivity index (χ1v) is 4.26. The number of carbonyl (C=O) groups is 1. The third-order valence-corrected chi connectivity index (χ3v) is 1.56. The molecule has 0 unspecified atom stereocenters. The van der Waals surface area contributed by atoms with Crippen LogP contribution in [0.15, 0.2) is 24.3 Å². The van der Waals surface area contributed by atoms with Gasteiger partial charge in [0, 0.05) is 18.8 Å². The highest BCUT2D eigenvalue weighted by molar-refractivity contribution is 5.89. The van der Waals surface area contributed by atoms with E-state index in [9.17, 15) is 4.79 Å². The van der Waals surface area contributed by atoms with Crippen LogP contribution in [0.5, 0.6) is 5.75 Å². The number of urea groups is 1. The van der Waals surface area contributed by atoms with Crippen molar-refractivity contribution in [3.05, 3.63) is 24.3 Å². The molecule has 0 atom stereocenters. The number of amides is 2. The van der Waals surface area contributed by atoms with Crippen molar-refractivity contribution in [2.45, 2.75) is 0 Å². The zero-order valence-electron chi connectivity index (χ0n) is 7.66. The predicted molar refractivity (Wildman–Crippen MR) is 54.2 cm³/mol. The standard InChI is InChI=1S/C9H13N3O2/c10-5-6-11-9(14)12-7-1-3-8(13)4-2-7/h1-4,13H,5-6,10H2,(H2,11,12,14). The van der Waals surface area contributed by atoms with Crippen LogP contribution in [0.3, 0.4) is 0 Å². The number of nitrogens with two attached hydrogens (primary N) is 1. The Morgan fingerprint density at radius 2 is 2.00 bits per heavy atom. The summed E-state index contributed by atoms with van der Waals surface area (Å²) in [5, 5.41) is 14.1. The summed E-state index contributed by atoms with van der Waals surface area (Å²) >= 11 is 0. The van der Waals surface area contributed by atoms with Gasteiger partial charge in [-0.1, -0.05) is 0 Å². The molecule has 0 aliphatic heterocycles. The van der Waals surface area contributed by atoms with Gasteiger partial charge in [0.1, 0.15) is 5.75 Å². The normalized spacial score (nSPS) is 9.50. The van der Waals surface area contributed by atoms with E-state index in [0.717, 1.165) is 0 Å². The first-order chi connectivity index (χ1) is 6.72. The molecule has 0 saturated carbocycles. The number of benzene rings is 1. The minimum Gasteiger partial charge on any atom is -0.508 e. The quantitative estimate of drug-likeness (QED) is 0.529. The van der Waals surface area contributed by atoms with Crippen LogP contribution in [-0.2, 0) is 0 Å². The number of phenolic OH excluding ortho intramolecular Hbond substituents is 1. The lowest BCUT2D eigenvalue weighted by atomic mass is 10.3. The topological polar surface area (TPSA) is 87.4 Å². The van der Waals surface area contributed by atoms with Crippen molar-refractivity contribution in [2.24, 2.45) is 5.73 Å². The average molecular weight is 195 g/mol. The number of anilines is 1. The molecular formula is C9H13N3O2. The van der Waals surface area contributed by atoms with Crippen LogP contribution in [0.2, 0.25) is 0 Å². The van der Waals surface area contributed by atoms with Gasteiger partial charge < -0.3 is 21.5 Å². The molecule has 1 aromatic carbocycles. The third-order valence-electron chi connectivity index (χ3n) is 1.56. The highest BCUT2D eigenvalue weighted by atomic mass is 16.3. The Balaban J connectivity index is 2.44. The van der Waals surface area contributed by atoms with Crippen LogP contribution in [0.4, 0.5) is 10.5 Å². The number of hydrogen-bond donors (Lipinski definition) is 4. The van der Waals surface area contributed by atoms with Crippen molar-refractivity contribution in [1.82, 2.24) is 5.32 Å². The zero-order chi connectivity index (χ0) is 10.4. The second-order valence-corrected chi connectivity index (χ2v) is 2.72. The van der Waals surface area contributed by atoms with Crippen LogP contribution in [-0.4, -0.2) is 24.2 Å². The molecule has 2 amide bonds. The molecular weight excluding hydrogens is 182 g/mol. The summed E-state index contributed by atoms with van der Waals surface area (Å²) in [6.45, 7) is 0.840. The minimum atomic E-state index is -0.305. The maximum Gasteiger partial charge on any atom is 0.319 e. The maximum absolute atomic E-state index is 11.1. The van der Waals surface area contributed by atoms with E-state index < -0.39 is 0 Å². The smallest absolute Gasteiger partial charge is 0.319 e. The van der Waals surface area contributed by atoms with Crippen molar-refractivity contribution < 1.29 is 9.90 Å². The van der Waals surface area contributed by atoms with Gasteiger partial charge in [0.15, 0.2) is 0 Å². The Hall–Kier alpha value is -1.75. The molecule has 0 aromatic heterocycles. The molecule has 5 heteroatoms. The summed E-state index contributed by atoms with van der Waals surface area (Å²) in [5.74, 6) is 0.165. The van der Waals surface area contributed by atoms with Crippen molar-refractivity contribution in [1.29, 1.82) is 0 Å². The Bertz CT molecular complexity index is 297. The molecule has 5 N–H and O–H groups in total. The average Bonchev–Trinajstić information content (AvgIpc) is 2.18. The van der Waals surface area contributed by atoms with E-state index in [-0.39, 0.29) is 11.8 Å². The Morgan fingerprint density at radius 1 is 1.36 bits per heavy atom. The Labute approximate surface area is 81.9 Å². The summed E-state index contributed by atoms with van der Waals surface area (Å²) in [6.07, 6.45) is 0. The fourth-order valence-corrected chi connectivity index (χ4v) is 0.906. The van der Waals surface area contributed by atoms with Gasteiger partial charge in [0.05, 0.1) is 0 Å². The van der Waals surface area contributed by atoms with Gasteiger partial charge in [0.2, 0.25) is 0 Å². The first kappa shape index (κ1) is 10.3. The fraction of sp³-hybridized carbons (Fsp3) is 0.222. The molecule has 1 aromatic rings. The number of rotatable bonds is 3. The molecule has 76 valence electrons. The Kier molecular flexibility index (Phi) is 3.75. The third kappa shape index (κ3) is 3.32. The van der Waals surface area contributed by atoms with Crippen molar-refractivity contribution >= 4 is 11.7 Å². The molecule has 0 heterocycles. The molecule has 1 rings (SSSR count). The lowest BCUT2D eigenvalue weighted by molar-refractivity contribution is 0.252. The van der Waals surface area contributed by atoms with Crippen LogP contribution in [0, 0.1) is 0 Å². The van der Waals surface area contributed by atoms with Crippen LogP contribution in [0.25, 0.3) is 0 Å². The van der Waals surface area contributed by atoms with Crippen molar-refractivity contribution in [3.8, 4) is 5.75 Å². The molecule has 0 saturated heterocycles. The summed E-state index contributed by atoms with van der Waals surface area (Å²) in [5.41, 5.74) is 5.84. The molecule has 0 aliphatic rings. The molecule has 0 spiro atoms. The minimum absolute atomic E-state index is 0.165. The highest BCUT2D eigenvalue weighted by Gasteiger charge is 1.99. The van der Waals surface area contributed by atoms with E-state index in [2.05, 4.69) is 10.6 Å². The lowest BCUT2D eigenvalue weighted by Crippen LogP contribution is -2.32. The van der Waals surface area contributed by atoms with E-state index in [4.69, 9.17) is 10.8 Å². The monoisotopic (exact) mass is 195 g/mol. The van der Waals surface area contributed by atoms with Crippen LogP contribution in [0.1, 0.15) is 0 Å². The molecule has 14 heavy (non-hydrogen) atoms. The van der Waals surface area contributed by atoms with Gasteiger partial charge in [-0.05, 0) is 24.3 Å². The van der Waals surface area contributed by atoms with Gasteiger partial charge in [-0.3, -0.25) is 0 Å². The number of phenols is 1. The van der Waals surface area contributed by atoms with Crippen LogP contribution >= 0.6 is 0 Å². The largest absolute Gasteiger partial charge is 0.508 e. The van der Waals surface area contributed by atoms with Gasteiger partial charge in [-0.15, -0.1) is 0 Å². The first-order valence-electron chi connectivity index (χ1n) is 4.26. The van der Waals surface area contributed by atoms with Crippen molar-refractivity contribution in [3.63, 3.8) is 0 Å². The molecule has 0 aliphatic carbocycles. The van der Waals surface area contributed by atoms with E-state index in [0.29, 0.717) is 18.8 Å². The second-order valence-electron chi connectivity index (χ2n) is 2.72. The van der Waals surface area contributed by atoms with Gasteiger partial charge >= 0.3 is 6.03 Å².